The van der Waals surface area contributed by atoms with Crippen LogP contribution < -0.4 is 5.73 Å². The summed E-state index contributed by atoms with van der Waals surface area (Å²) in [6.45, 7) is 1.36. The van der Waals surface area contributed by atoms with E-state index in [1.165, 1.54) is 5.56 Å². The van der Waals surface area contributed by atoms with Crippen LogP contribution >= 0.6 is 0 Å². The number of hydrogen-bond donors (Lipinski definition) is 2. The van der Waals surface area contributed by atoms with E-state index in [2.05, 4.69) is 12.1 Å². The Kier molecular flexibility index (Phi) is 4.74. The summed E-state index contributed by atoms with van der Waals surface area (Å²) in [5.74, 6) is -0.701. The fraction of sp³-hybridized carbons (Fsp3) is 0.467. The van der Waals surface area contributed by atoms with E-state index in [9.17, 15) is 9.59 Å². The molecule has 1 aromatic carbocycles. The van der Waals surface area contributed by atoms with Crippen LogP contribution in [-0.2, 0) is 9.59 Å². The Hall–Kier alpha value is -1.88. The zero-order chi connectivity index (χ0) is 14.5. The Bertz CT molecular complexity index is 475. The zero-order valence-corrected chi connectivity index (χ0v) is 11.4. The molecule has 0 spiro atoms. The third kappa shape index (κ3) is 3.57. The number of likely N-dealkylation sites (tertiary alicyclic amines) is 1. The van der Waals surface area contributed by atoms with Crippen molar-refractivity contribution in [3.05, 3.63) is 35.9 Å². The van der Waals surface area contributed by atoms with E-state index in [4.69, 9.17) is 10.8 Å². The Labute approximate surface area is 118 Å². The van der Waals surface area contributed by atoms with E-state index in [-0.39, 0.29) is 18.7 Å². The summed E-state index contributed by atoms with van der Waals surface area (Å²) in [5, 5.41) is 8.62. The highest BCUT2D eigenvalue weighted by Crippen LogP contribution is 2.27. The average Bonchev–Trinajstić information content (AvgIpc) is 2.94. The van der Waals surface area contributed by atoms with E-state index in [0.29, 0.717) is 19.0 Å². The number of aliphatic carboxylic acids is 1. The first-order chi connectivity index (χ1) is 9.58. The number of hydrogen-bond acceptors (Lipinski definition) is 3. The number of benzene rings is 1. The minimum atomic E-state index is -0.920. The van der Waals surface area contributed by atoms with Crippen molar-refractivity contribution in [2.75, 3.05) is 13.1 Å². The molecule has 2 unspecified atom stereocenters. The molecule has 0 bridgehead atoms. The summed E-state index contributed by atoms with van der Waals surface area (Å²) < 4.78 is 0. The lowest BCUT2D eigenvalue weighted by Gasteiger charge is -2.20. The second kappa shape index (κ2) is 6.52. The predicted octanol–water partition coefficient (Wildman–Crippen LogP) is 1.19. The molecule has 0 radical (unpaired) electrons. The minimum absolute atomic E-state index is 0.0666. The molecule has 1 aliphatic rings. The first-order valence-electron chi connectivity index (χ1n) is 6.89. The maximum Gasteiger partial charge on any atom is 0.303 e. The lowest BCUT2D eigenvalue weighted by atomic mass is 9.99. The van der Waals surface area contributed by atoms with Crippen molar-refractivity contribution in [1.29, 1.82) is 0 Å². The number of amides is 1. The summed E-state index contributed by atoms with van der Waals surface area (Å²) in [7, 11) is 0. The number of nitrogens with two attached hydrogens (primary N) is 1. The van der Waals surface area contributed by atoms with Gasteiger partial charge in [-0.3, -0.25) is 9.59 Å². The highest BCUT2D eigenvalue weighted by molar-refractivity contribution is 5.82. The Balaban J connectivity index is 1.89. The molecule has 1 fully saturated rings. The van der Waals surface area contributed by atoms with Crippen molar-refractivity contribution in [3.63, 3.8) is 0 Å². The van der Waals surface area contributed by atoms with Crippen molar-refractivity contribution in [2.24, 2.45) is 5.73 Å². The number of carboxylic acid groups (broad SMARTS) is 1. The van der Waals surface area contributed by atoms with E-state index >= 15 is 0 Å². The summed E-state index contributed by atoms with van der Waals surface area (Å²) in [6.07, 6.45) is 1.06. The van der Waals surface area contributed by atoms with Gasteiger partial charge in [0.25, 0.3) is 0 Å². The standard InChI is InChI=1S/C15H20N2O3/c16-13(6-7-14(18)19)15(20)17-9-8-12(10-17)11-4-2-1-3-5-11/h1-5,12-13H,6-10,16H2,(H,18,19). The summed E-state index contributed by atoms with van der Waals surface area (Å²) in [6, 6.07) is 9.41. The lowest BCUT2D eigenvalue weighted by Crippen LogP contribution is -2.42. The first-order valence-corrected chi connectivity index (χ1v) is 6.89. The Morgan fingerprint density at radius 3 is 2.70 bits per heavy atom. The van der Waals surface area contributed by atoms with E-state index in [0.717, 1.165) is 6.42 Å². The molecule has 1 aliphatic heterocycles. The molecule has 1 heterocycles. The highest BCUT2D eigenvalue weighted by Gasteiger charge is 2.29. The number of nitrogens with zero attached hydrogens (tertiary/aromatic N) is 1. The van der Waals surface area contributed by atoms with Crippen LogP contribution in [0.2, 0.25) is 0 Å². The molecular formula is C15H20N2O3. The SMILES string of the molecule is NC(CCC(=O)O)C(=O)N1CCC(c2ccccc2)C1. The molecule has 5 heteroatoms. The van der Waals surface area contributed by atoms with Gasteiger partial charge in [0.2, 0.25) is 5.91 Å². The van der Waals surface area contributed by atoms with Gasteiger partial charge in [0.05, 0.1) is 6.04 Å². The van der Waals surface area contributed by atoms with Crippen molar-refractivity contribution in [1.82, 2.24) is 4.90 Å². The quantitative estimate of drug-likeness (QED) is 0.846. The van der Waals surface area contributed by atoms with Crippen LogP contribution in [0.25, 0.3) is 0 Å². The molecule has 0 aromatic heterocycles. The number of carbonyl (C=O) groups is 2. The van der Waals surface area contributed by atoms with E-state index in [1.54, 1.807) is 4.90 Å². The fourth-order valence-electron chi connectivity index (χ4n) is 2.59. The van der Waals surface area contributed by atoms with E-state index < -0.39 is 12.0 Å². The van der Waals surface area contributed by atoms with Gasteiger partial charge in [-0.25, -0.2) is 0 Å². The smallest absolute Gasteiger partial charge is 0.303 e. The molecule has 0 aliphatic carbocycles. The molecule has 20 heavy (non-hydrogen) atoms. The van der Waals surface area contributed by atoms with E-state index in [1.807, 2.05) is 18.2 Å². The van der Waals surface area contributed by atoms with Crippen molar-refractivity contribution in [3.8, 4) is 0 Å². The zero-order valence-electron chi connectivity index (χ0n) is 11.4. The van der Waals surface area contributed by atoms with Gasteiger partial charge in [0.1, 0.15) is 0 Å². The molecule has 1 saturated heterocycles. The van der Waals surface area contributed by atoms with Crippen LogP contribution in [0.5, 0.6) is 0 Å². The van der Waals surface area contributed by atoms with Crippen LogP contribution in [0.3, 0.4) is 0 Å². The molecule has 2 rings (SSSR count). The average molecular weight is 276 g/mol. The van der Waals surface area contributed by atoms with Crippen LogP contribution in [-0.4, -0.2) is 41.0 Å². The molecule has 2 atom stereocenters. The summed E-state index contributed by atoms with van der Waals surface area (Å²) >= 11 is 0. The molecular weight excluding hydrogens is 256 g/mol. The van der Waals surface area contributed by atoms with Crippen LogP contribution in [0.1, 0.15) is 30.7 Å². The van der Waals surface area contributed by atoms with Gasteiger partial charge in [-0.2, -0.15) is 0 Å². The molecule has 0 saturated carbocycles. The lowest BCUT2D eigenvalue weighted by molar-refractivity contribution is -0.137. The molecule has 108 valence electrons. The number of carboxylic acids is 1. The molecule has 3 N–H and O–H groups in total. The fourth-order valence-corrected chi connectivity index (χ4v) is 2.59. The largest absolute Gasteiger partial charge is 0.481 e. The Morgan fingerprint density at radius 1 is 1.35 bits per heavy atom. The second-order valence-corrected chi connectivity index (χ2v) is 5.22. The Morgan fingerprint density at radius 2 is 2.05 bits per heavy atom. The maximum absolute atomic E-state index is 12.1. The molecule has 1 aromatic rings. The van der Waals surface area contributed by atoms with Gasteiger partial charge in [-0.1, -0.05) is 30.3 Å². The first kappa shape index (κ1) is 14.5. The van der Waals surface area contributed by atoms with Gasteiger partial charge in [-0.15, -0.1) is 0 Å². The molecule has 5 nitrogen and oxygen atoms in total. The topological polar surface area (TPSA) is 83.6 Å². The van der Waals surface area contributed by atoms with Crippen molar-refractivity contribution >= 4 is 11.9 Å². The normalized spacial score (nSPS) is 19.9. The van der Waals surface area contributed by atoms with Crippen molar-refractivity contribution < 1.29 is 14.7 Å². The number of rotatable bonds is 5. The molecule has 1 amide bonds. The van der Waals surface area contributed by atoms with Crippen LogP contribution in [0.4, 0.5) is 0 Å². The predicted molar refractivity (Wildman–Crippen MR) is 75.2 cm³/mol. The maximum atomic E-state index is 12.1. The van der Waals surface area contributed by atoms with Crippen LogP contribution in [0.15, 0.2) is 30.3 Å². The van der Waals surface area contributed by atoms with Crippen LogP contribution in [0, 0.1) is 0 Å². The summed E-state index contributed by atoms with van der Waals surface area (Å²) in [4.78, 5) is 24.4. The monoisotopic (exact) mass is 276 g/mol. The van der Waals surface area contributed by atoms with Gasteiger partial charge in [0, 0.05) is 25.4 Å². The van der Waals surface area contributed by atoms with Gasteiger partial charge >= 0.3 is 5.97 Å². The third-order valence-electron chi connectivity index (χ3n) is 3.76. The second-order valence-electron chi connectivity index (χ2n) is 5.22. The third-order valence-corrected chi connectivity index (χ3v) is 3.76. The van der Waals surface area contributed by atoms with Crippen molar-refractivity contribution in [2.45, 2.75) is 31.2 Å². The van der Waals surface area contributed by atoms with Gasteiger partial charge in [-0.05, 0) is 18.4 Å². The minimum Gasteiger partial charge on any atom is -0.481 e. The van der Waals surface area contributed by atoms with Gasteiger partial charge < -0.3 is 15.7 Å². The summed E-state index contributed by atoms with van der Waals surface area (Å²) in [5.41, 5.74) is 7.01. The highest BCUT2D eigenvalue weighted by atomic mass is 16.4. The van der Waals surface area contributed by atoms with Gasteiger partial charge in [0.15, 0.2) is 0 Å². The number of carbonyl (C=O) groups excluding carboxylic acids is 1.